The fraction of sp³-hybridized carbons (Fsp3) is 0.238. The smallest absolute Gasteiger partial charge is 0.251 e. The predicted octanol–water partition coefficient (Wildman–Crippen LogP) is 4.90. The zero-order valence-corrected chi connectivity index (χ0v) is 17.0. The van der Waals surface area contributed by atoms with Crippen molar-refractivity contribution in [2.45, 2.75) is 26.5 Å². The third-order valence-corrected chi connectivity index (χ3v) is 4.79. The fourth-order valence-corrected chi connectivity index (χ4v) is 2.88. The lowest BCUT2D eigenvalue weighted by atomic mass is 10.1. The van der Waals surface area contributed by atoms with Gasteiger partial charge in [-0.2, -0.15) is 5.10 Å². The highest BCUT2D eigenvalue weighted by Gasteiger charge is 2.06. The van der Waals surface area contributed by atoms with E-state index in [9.17, 15) is 4.79 Å². The van der Waals surface area contributed by atoms with Crippen LogP contribution in [-0.2, 0) is 13.2 Å². The molecule has 0 saturated carbocycles. The van der Waals surface area contributed by atoms with Crippen molar-refractivity contribution in [3.8, 4) is 5.75 Å². The van der Waals surface area contributed by atoms with Crippen molar-refractivity contribution < 1.29 is 9.53 Å². The van der Waals surface area contributed by atoms with Crippen LogP contribution in [0.3, 0.4) is 0 Å². The average Bonchev–Trinajstić information content (AvgIpc) is 3.02. The van der Waals surface area contributed by atoms with E-state index in [4.69, 9.17) is 27.9 Å². The van der Waals surface area contributed by atoms with Gasteiger partial charge in [0.1, 0.15) is 12.4 Å². The maximum absolute atomic E-state index is 12.2. The molecular weight excluding hydrogens is 397 g/mol. The maximum Gasteiger partial charge on any atom is 0.251 e. The fourth-order valence-electron chi connectivity index (χ4n) is 2.60. The number of nitrogens with one attached hydrogen (secondary N) is 1. The van der Waals surface area contributed by atoms with Crippen molar-refractivity contribution in [2.75, 3.05) is 6.54 Å². The van der Waals surface area contributed by atoms with Crippen LogP contribution in [0, 0.1) is 6.92 Å². The molecule has 146 valence electrons. The van der Waals surface area contributed by atoms with Crippen LogP contribution in [0.2, 0.25) is 10.0 Å². The normalized spacial score (nSPS) is 10.7. The van der Waals surface area contributed by atoms with Gasteiger partial charge >= 0.3 is 0 Å². The number of hydrogen-bond acceptors (Lipinski definition) is 3. The van der Waals surface area contributed by atoms with Crippen molar-refractivity contribution in [1.29, 1.82) is 0 Å². The molecule has 1 heterocycles. The number of aryl methyl sites for hydroxylation is 2. The molecule has 1 amide bonds. The molecule has 0 fully saturated rings. The van der Waals surface area contributed by atoms with E-state index in [0.29, 0.717) is 35.3 Å². The molecule has 28 heavy (non-hydrogen) atoms. The van der Waals surface area contributed by atoms with E-state index < -0.39 is 0 Å². The number of nitrogens with zero attached hydrogens (tertiary/aromatic N) is 2. The first kappa shape index (κ1) is 20.2. The third kappa shape index (κ3) is 5.75. The average molecular weight is 418 g/mol. The molecule has 0 saturated heterocycles. The van der Waals surface area contributed by atoms with E-state index in [2.05, 4.69) is 10.4 Å². The molecule has 3 aromatic rings. The van der Waals surface area contributed by atoms with E-state index in [0.717, 1.165) is 23.4 Å². The van der Waals surface area contributed by atoms with Gasteiger partial charge in [-0.25, -0.2) is 0 Å². The Hall–Kier alpha value is -2.50. The van der Waals surface area contributed by atoms with E-state index in [-0.39, 0.29) is 5.91 Å². The van der Waals surface area contributed by atoms with Crippen molar-refractivity contribution in [1.82, 2.24) is 15.1 Å². The second-order valence-electron chi connectivity index (χ2n) is 6.37. The Labute approximate surface area is 174 Å². The van der Waals surface area contributed by atoms with Crippen molar-refractivity contribution in [2.24, 2.45) is 0 Å². The van der Waals surface area contributed by atoms with Crippen LogP contribution >= 0.6 is 23.2 Å². The molecule has 0 aliphatic rings. The topological polar surface area (TPSA) is 56.2 Å². The first-order chi connectivity index (χ1) is 13.5. The summed E-state index contributed by atoms with van der Waals surface area (Å²) < 4.78 is 7.49. The van der Waals surface area contributed by atoms with Gasteiger partial charge < -0.3 is 10.1 Å². The van der Waals surface area contributed by atoms with Crippen LogP contribution in [0.5, 0.6) is 5.75 Å². The molecule has 0 unspecified atom stereocenters. The van der Waals surface area contributed by atoms with Gasteiger partial charge in [-0.3, -0.25) is 9.48 Å². The Morgan fingerprint density at radius 1 is 1.11 bits per heavy atom. The second-order valence-corrected chi connectivity index (χ2v) is 7.22. The van der Waals surface area contributed by atoms with Gasteiger partial charge in [0, 0.05) is 29.9 Å². The minimum absolute atomic E-state index is 0.0974. The molecule has 0 spiro atoms. The highest BCUT2D eigenvalue weighted by Crippen LogP contribution is 2.17. The van der Waals surface area contributed by atoms with Gasteiger partial charge in [0.15, 0.2) is 0 Å². The van der Waals surface area contributed by atoms with Gasteiger partial charge in [0.05, 0.1) is 10.7 Å². The Kier molecular flexibility index (Phi) is 6.95. The molecule has 0 bridgehead atoms. The van der Waals surface area contributed by atoms with Crippen molar-refractivity contribution >= 4 is 29.1 Å². The number of aromatic nitrogens is 2. The van der Waals surface area contributed by atoms with E-state index >= 15 is 0 Å². The minimum atomic E-state index is -0.0974. The van der Waals surface area contributed by atoms with E-state index in [1.807, 2.05) is 31.2 Å². The summed E-state index contributed by atoms with van der Waals surface area (Å²) in [5, 5.41) is 8.54. The van der Waals surface area contributed by atoms with E-state index in [1.165, 1.54) is 0 Å². The lowest BCUT2D eigenvalue weighted by Gasteiger charge is -2.08. The molecule has 7 heteroatoms. The molecule has 0 aliphatic carbocycles. The summed E-state index contributed by atoms with van der Waals surface area (Å²) >= 11 is 11.8. The Morgan fingerprint density at radius 2 is 1.82 bits per heavy atom. The summed E-state index contributed by atoms with van der Waals surface area (Å²) in [4.78, 5) is 12.2. The SMILES string of the molecule is Cc1nn(CCCNC(=O)c2ccc(COc3ccc(Cl)cc3)cc2)cc1Cl. The summed E-state index contributed by atoms with van der Waals surface area (Å²) in [6.45, 7) is 3.56. The van der Waals surface area contributed by atoms with Gasteiger partial charge in [-0.05, 0) is 55.3 Å². The van der Waals surface area contributed by atoms with Gasteiger partial charge in [-0.15, -0.1) is 0 Å². The minimum Gasteiger partial charge on any atom is -0.489 e. The highest BCUT2D eigenvalue weighted by molar-refractivity contribution is 6.31. The van der Waals surface area contributed by atoms with Crippen molar-refractivity contribution in [3.05, 3.63) is 81.6 Å². The van der Waals surface area contributed by atoms with Crippen LogP contribution in [0.4, 0.5) is 0 Å². The molecule has 1 aromatic heterocycles. The lowest BCUT2D eigenvalue weighted by molar-refractivity contribution is 0.0952. The second kappa shape index (κ2) is 9.62. The summed E-state index contributed by atoms with van der Waals surface area (Å²) in [6.07, 6.45) is 2.57. The van der Waals surface area contributed by atoms with Crippen LogP contribution in [0.1, 0.15) is 28.0 Å². The summed E-state index contributed by atoms with van der Waals surface area (Å²) in [7, 11) is 0. The molecule has 2 aromatic carbocycles. The van der Waals surface area contributed by atoms with Gasteiger partial charge in [0.2, 0.25) is 0 Å². The predicted molar refractivity (Wildman–Crippen MR) is 111 cm³/mol. The standard InChI is InChI=1S/C21H21Cl2N3O2/c1-15-20(23)13-26(25-15)12-2-11-24-21(27)17-5-3-16(4-6-17)14-28-19-9-7-18(22)8-10-19/h3-10,13H,2,11-12,14H2,1H3,(H,24,27). The molecule has 0 radical (unpaired) electrons. The number of benzene rings is 2. The Morgan fingerprint density at radius 3 is 2.46 bits per heavy atom. The number of carbonyl (C=O) groups is 1. The summed E-state index contributed by atoms with van der Waals surface area (Å²) in [6, 6.07) is 14.6. The number of rotatable bonds is 8. The molecule has 0 atom stereocenters. The Balaban J connectivity index is 1.42. The lowest BCUT2D eigenvalue weighted by Crippen LogP contribution is -2.25. The molecular formula is C21H21Cl2N3O2. The van der Waals surface area contributed by atoms with Crippen LogP contribution in [0.15, 0.2) is 54.7 Å². The van der Waals surface area contributed by atoms with Crippen molar-refractivity contribution in [3.63, 3.8) is 0 Å². The molecule has 0 aliphatic heterocycles. The molecule has 1 N–H and O–H groups in total. The number of amides is 1. The van der Waals surface area contributed by atoms with Crippen LogP contribution < -0.4 is 10.1 Å². The monoisotopic (exact) mass is 417 g/mol. The maximum atomic E-state index is 12.2. The number of halogens is 2. The summed E-state index contributed by atoms with van der Waals surface area (Å²) in [5.74, 6) is 0.653. The van der Waals surface area contributed by atoms with Gasteiger partial charge in [0.25, 0.3) is 5.91 Å². The number of carbonyl (C=O) groups excluding carboxylic acids is 1. The zero-order chi connectivity index (χ0) is 19.9. The van der Waals surface area contributed by atoms with Crippen LogP contribution in [-0.4, -0.2) is 22.2 Å². The molecule has 3 rings (SSSR count). The van der Waals surface area contributed by atoms with E-state index in [1.54, 1.807) is 35.1 Å². The molecule has 5 nitrogen and oxygen atoms in total. The third-order valence-electron chi connectivity index (χ3n) is 4.17. The quantitative estimate of drug-likeness (QED) is 0.530. The first-order valence-corrected chi connectivity index (χ1v) is 9.72. The van der Waals surface area contributed by atoms with Gasteiger partial charge in [-0.1, -0.05) is 35.3 Å². The first-order valence-electron chi connectivity index (χ1n) is 8.96. The Bertz CT molecular complexity index is 902. The number of ether oxygens (including phenoxy) is 1. The largest absolute Gasteiger partial charge is 0.489 e. The summed E-state index contributed by atoms with van der Waals surface area (Å²) in [5.41, 5.74) is 2.41. The number of hydrogen-bond donors (Lipinski definition) is 1. The van der Waals surface area contributed by atoms with Crippen LogP contribution in [0.25, 0.3) is 0 Å². The highest BCUT2D eigenvalue weighted by atomic mass is 35.5. The zero-order valence-electron chi connectivity index (χ0n) is 15.5.